The summed E-state index contributed by atoms with van der Waals surface area (Å²) in [5.41, 5.74) is 0. The molecule has 0 saturated carbocycles. The minimum atomic E-state index is 0.162. The van der Waals surface area contributed by atoms with Crippen molar-refractivity contribution in [3.05, 3.63) is 35.6 Å². The smallest absolute Gasteiger partial charge is 0.233 e. The monoisotopic (exact) mass is 315 g/mol. The molecule has 2 aromatic rings. The van der Waals surface area contributed by atoms with Crippen LogP contribution in [0.2, 0.25) is 0 Å². The van der Waals surface area contributed by atoms with Gasteiger partial charge in [0.15, 0.2) is 0 Å². The maximum absolute atomic E-state index is 12.4. The molecule has 22 heavy (non-hydrogen) atoms. The van der Waals surface area contributed by atoms with Crippen molar-refractivity contribution in [2.24, 2.45) is 5.92 Å². The highest BCUT2D eigenvalue weighted by Gasteiger charge is 2.38. The van der Waals surface area contributed by atoms with Crippen LogP contribution in [0.1, 0.15) is 31.1 Å². The van der Waals surface area contributed by atoms with E-state index in [2.05, 4.69) is 22.3 Å². The zero-order valence-corrected chi connectivity index (χ0v) is 13.0. The summed E-state index contributed by atoms with van der Waals surface area (Å²) in [6, 6.07) is 3.95. The highest BCUT2D eigenvalue weighted by atomic mass is 32.1. The Hall–Kier alpha value is -1.95. The average molecular weight is 315 g/mol. The van der Waals surface area contributed by atoms with Crippen LogP contribution in [-0.2, 0) is 4.79 Å². The largest absolute Gasteiger partial charge is 0.341 e. The molecular weight excluding hydrogens is 298 g/mol. The zero-order valence-electron chi connectivity index (χ0n) is 12.1. The first-order valence-electron chi connectivity index (χ1n) is 7.62. The number of aromatic nitrogens is 2. The van der Waals surface area contributed by atoms with E-state index >= 15 is 0 Å². The number of amides is 1. The van der Waals surface area contributed by atoms with Crippen LogP contribution in [-0.4, -0.2) is 34.0 Å². The van der Waals surface area contributed by atoms with Crippen molar-refractivity contribution in [1.29, 1.82) is 0 Å². The molecule has 0 N–H and O–H groups in total. The molecule has 1 amide bonds. The molecule has 1 saturated heterocycles. The van der Waals surface area contributed by atoms with E-state index in [1.54, 1.807) is 11.3 Å². The molecule has 1 aliphatic heterocycles. The minimum absolute atomic E-state index is 0.162. The normalized spacial score (nSPS) is 21.8. The van der Waals surface area contributed by atoms with Gasteiger partial charge < -0.3 is 9.42 Å². The van der Waals surface area contributed by atoms with Crippen LogP contribution < -0.4 is 0 Å². The second kappa shape index (κ2) is 5.68. The second-order valence-corrected chi connectivity index (χ2v) is 6.80. The predicted octanol–water partition coefficient (Wildman–Crippen LogP) is 3.08. The molecule has 2 aliphatic rings. The van der Waals surface area contributed by atoms with E-state index in [9.17, 15) is 4.79 Å². The topological polar surface area (TPSA) is 59.2 Å². The number of nitrogens with zero attached hydrogens (tertiary/aromatic N) is 3. The summed E-state index contributed by atoms with van der Waals surface area (Å²) in [6.07, 6.45) is 7.14. The van der Waals surface area contributed by atoms with Crippen molar-refractivity contribution < 1.29 is 9.32 Å². The van der Waals surface area contributed by atoms with E-state index in [4.69, 9.17) is 4.52 Å². The van der Waals surface area contributed by atoms with Crippen LogP contribution in [0.4, 0.5) is 0 Å². The number of likely N-dealkylation sites (tertiary alicyclic amines) is 1. The van der Waals surface area contributed by atoms with Crippen molar-refractivity contribution in [3.8, 4) is 10.7 Å². The number of thiophene rings is 1. The summed E-state index contributed by atoms with van der Waals surface area (Å²) in [4.78, 5) is 19.8. The lowest BCUT2D eigenvalue weighted by atomic mass is 9.90. The first-order chi connectivity index (χ1) is 10.8. The van der Waals surface area contributed by atoms with Crippen LogP contribution in [0.5, 0.6) is 0 Å². The van der Waals surface area contributed by atoms with Gasteiger partial charge in [0.05, 0.1) is 10.8 Å². The SMILES string of the molecule is O=C(C1CC=CCC1)N1CC(c2nc(-c3cccs3)no2)C1. The number of rotatable bonds is 3. The Morgan fingerprint density at radius 2 is 2.27 bits per heavy atom. The molecule has 5 nitrogen and oxygen atoms in total. The minimum Gasteiger partial charge on any atom is -0.341 e. The van der Waals surface area contributed by atoms with Crippen molar-refractivity contribution in [3.63, 3.8) is 0 Å². The van der Waals surface area contributed by atoms with E-state index in [1.165, 1.54) is 0 Å². The number of carbonyl (C=O) groups excluding carboxylic acids is 1. The zero-order chi connectivity index (χ0) is 14.9. The maximum Gasteiger partial charge on any atom is 0.233 e. The van der Waals surface area contributed by atoms with Gasteiger partial charge in [-0.3, -0.25) is 4.79 Å². The number of allylic oxidation sites excluding steroid dienone is 2. The van der Waals surface area contributed by atoms with Crippen LogP contribution in [0.25, 0.3) is 10.7 Å². The van der Waals surface area contributed by atoms with Crippen molar-refractivity contribution in [1.82, 2.24) is 15.0 Å². The van der Waals surface area contributed by atoms with Crippen LogP contribution in [0.15, 0.2) is 34.2 Å². The molecule has 0 radical (unpaired) electrons. The Labute approximate surface area is 132 Å². The van der Waals surface area contributed by atoms with Crippen molar-refractivity contribution >= 4 is 17.2 Å². The van der Waals surface area contributed by atoms with Gasteiger partial charge in [-0.25, -0.2) is 0 Å². The lowest BCUT2D eigenvalue weighted by Crippen LogP contribution is -2.50. The molecule has 1 atom stereocenters. The molecular formula is C16H17N3O2S. The molecule has 114 valence electrons. The summed E-state index contributed by atoms with van der Waals surface area (Å²) in [5, 5.41) is 6.03. The highest BCUT2D eigenvalue weighted by molar-refractivity contribution is 7.13. The van der Waals surface area contributed by atoms with Crippen LogP contribution >= 0.6 is 11.3 Å². The van der Waals surface area contributed by atoms with Gasteiger partial charge in [0.25, 0.3) is 0 Å². The molecule has 0 bridgehead atoms. The first-order valence-corrected chi connectivity index (χ1v) is 8.50. The van der Waals surface area contributed by atoms with Crippen molar-refractivity contribution in [2.45, 2.75) is 25.2 Å². The Balaban J connectivity index is 1.37. The standard InChI is InChI=1S/C16H17N3O2S/c20-16(11-5-2-1-3-6-11)19-9-12(10-19)15-17-14(18-21-15)13-7-4-8-22-13/h1-2,4,7-8,11-12H,3,5-6,9-10H2. The molecule has 1 fully saturated rings. The summed E-state index contributed by atoms with van der Waals surface area (Å²) < 4.78 is 5.36. The average Bonchev–Trinajstić information content (AvgIpc) is 3.17. The molecule has 3 heterocycles. The molecule has 1 aliphatic carbocycles. The van der Waals surface area contributed by atoms with Gasteiger partial charge in [-0.1, -0.05) is 23.4 Å². The molecule has 0 aromatic carbocycles. The summed E-state index contributed by atoms with van der Waals surface area (Å²) in [7, 11) is 0. The lowest BCUT2D eigenvalue weighted by molar-refractivity contribution is -0.140. The number of carbonyl (C=O) groups is 1. The Bertz CT molecular complexity index is 686. The van der Waals surface area contributed by atoms with Gasteiger partial charge >= 0.3 is 0 Å². The summed E-state index contributed by atoms with van der Waals surface area (Å²) in [6.45, 7) is 1.40. The van der Waals surface area contributed by atoms with Gasteiger partial charge in [0, 0.05) is 19.0 Å². The maximum atomic E-state index is 12.4. The quantitative estimate of drug-likeness (QED) is 0.817. The predicted molar refractivity (Wildman–Crippen MR) is 83.4 cm³/mol. The van der Waals surface area contributed by atoms with E-state index in [0.29, 0.717) is 24.8 Å². The molecule has 0 spiro atoms. The van der Waals surface area contributed by atoms with Crippen molar-refractivity contribution in [2.75, 3.05) is 13.1 Å². The number of hydrogen-bond acceptors (Lipinski definition) is 5. The van der Waals surface area contributed by atoms with Crippen LogP contribution in [0.3, 0.4) is 0 Å². The third-order valence-corrected chi connectivity index (χ3v) is 5.21. The van der Waals surface area contributed by atoms with Gasteiger partial charge in [0.1, 0.15) is 0 Å². The van der Waals surface area contributed by atoms with Gasteiger partial charge in [-0.2, -0.15) is 4.98 Å². The lowest BCUT2D eigenvalue weighted by Gasteiger charge is -2.39. The van der Waals surface area contributed by atoms with Gasteiger partial charge in [-0.15, -0.1) is 11.3 Å². The van der Waals surface area contributed by atoms with Gasteiger partial charge in [-0.05, 0) is 30.7 Å². The Morgan fingerprint density at radius 1 is 1.36 bits per heavy atom. The fraction of sp³-hybridized carbons (Fsp3) is 0.438. The van der Waals surface area contributed by atoms with E-state index < -0.39 is 0 Å². The summed E-state index contributed by atoms with van der Waals surface area (Å²) >= 11 is 1.59. The van der Waals surface area contributed by atoms with E-state index in [0.717, 1.165) is 24.1 Å². The Morgan fingerprint density at radius 3 is 3.00 bits per heavy atom. The summed E-state index contributed by atoms with van der Waals surface area (Å²) in [5.74, 6) is 1.92. The van der Waals surface area contributed by atoms with Crippen LogP contribution in [0, 0.1) is 5.92 Å². The van der Waals surface area contributed by atoms with Gasteiger partial charge in [0.2, 0.25) is 17.6 Å². The molecule has 2 aromatic heterocycles. The van der Waals surface area contributed by atoms with E-state index in [1.807, 2.05) is 22.4 Å². The first kappa shape index (κ1) is 13.7. The third kappa shape index (κ3) is 2.47. The van der Waals surface area contributed by atoms with E-state index in [-0.39, 0.29) is 17.7 Å². The fourth-order valence-corrected chi connectivity index (χ4v) is 3.65. The third-order valence-electron chi connectivity index (χ3n) is 4.34. The molecule has 6 heteroatoms. The number of hydrogen-bond donors (Lipinski definition) is 0. The fourth-order valence-electron chi connectivity index (χ4n) is 3.00. The highest BCUT2D eigenvalue weighted by Crippen LogP contribution is 2.31. The second-order valence-electron chi connectivity index (χ2n) is 5.86. The molecule has 4 rings (SSSR count). The molecule has 1 unspecified atom stereocenters. The Kier molecular flexibility index (Phi) is 3.54.